The Morgan fingerprint density at radius 1 is 0.542 bits per heavy atom. The third-order valence-electron chi connectivity index (χ3n) is 8.17. The third-order valence-corrected chi connectivity index (χ3v) is 8.17. The number of allylic oxidation sites excluding steroid dienone is 15. The van der Waals surface area contributed by atoms with Gasteiger partial charge in [0.2, 0.25) is 5.60 Å². The van der Waals surface area contributed by atoms with E-state index in [9.17, 15) is 24.9 Å². The molecule has 0 amide bonds. The van der Waals surface area contributed by atoms with Crippen molar-refractivity contribution in [2.24, 2.45) is 0 Å². The first-order valence-corrected chi connectivity index (χ1v) is 18.8. The summed E-state index contributed by atoms with van der Waals surface area (Å²) in [5.41, 5.74) is -2.65. The molecule has 2 atom stereocenters. The van der Waals surface area contributed by atoms with Crippen LogP contribution in [-0.2, 0) is 9.59 Å². The highest BCUT2D eigenvalue weighted by Crippen LogP contribution is 2.20. The lowest BCUT2D eigenvalue weighted by Gasteiger charge is -2.28. The minimum atomic E-state index is -2.65. The van der Waals surface area contributed by atoms with E-state index in [0.29, 0.717) is 6.42 Å². The monoisotopic (exact) mass is 665 g/mol. The highest BCUT2D eigenvalue weighted by molar-refractivity contribution is 6.15. The molecule has 0 radical (unpaired) electrons. The minimum Gasteiger partial charge on any atom is -0.394 e. The lowest BCUT2D eigenvalue weighted by molar-refractivity contribution is -0.163. The van der Waals surface area contributed by atoms with Crippen molar-refractivity contribution in [3.63, 3.8) is 0 Å². The Bertz CT molecular complexity index is 1030. The van der Waals surface area contributed by atoms with Gasteiger partial charge in [0, 0.05) is 6.42 Å². The summed E-state index contributed by atoms with van der Waals surface area (Å²) in [4.78, 5) is 25.5. The van der Waals surface area contributed by atoms with Crippen LogP contribution in [0.4, 0.5) is 0 Å². The molecular weight excluding hydrogens is 596 g/mol. The fourth-order valence-corrected chi connectivity index (χ4v) is 5.08. The summed E-state index contributed by atoms with van der Waals surface area (Å²) in [5, 5.41) is 30.4. The van der Waals surface area contributed by atoms with Crippen molar-refractivity contribution in [2.75, 3.05) is 6.61 Å². The first-order valence-electron chi connectivity index (χ1n) is 18.8. The Morgan fingerprint density at radius 2 is 0.958 bits per heavy atom. The maximum Gasteiger partial charge on any atom is 0.213 e. The zero-order valence-electron chi connectivity index (χ0n) is 30.3. The summed E-state index contributed by atoms with van der Waals surface area (Å²) in [5.74, 6) is -1.70. The van der Waals surface area contributed by atoms with Crippen LogP contribution in [-0.4, -0.2) is 45.2 Å². The average Bonchev–Trinajstić information content (AvgIpc) is 3.09. The number of ketones is 2. The molecule has 5 heteroatoms. The van der Waals surface area contributed by atoms with E-state index in [-0.39, 0.29) is 6.42 Å². The molecule has 5 nitrogen and oxygen atoms in total. The van der Waals surface area contributed by atoms with Crippen molar-refractivity contribution >= 4 is 11.6 Å². The van der Waals surface area contributed by atoms with Crippen LogP contribution in [0.5, 0.6) is 0 Å². The van der Waals surface area contributed by atoms with Gasteiger partial charge in [0.25, 0.3) is 0 Å². The van der Waals surface area contributed by atoms with Gasteiger partial charge in [-0.15, -0.1) is 0 Å². The van der Waals surface area contributed by atoms with Gasteiger partial charge < -0.3 is 15.3 Å². The van der Waals surface area contributed by atoms with Crippen LogP contribution in [0.1, 0.15) is 142 Å². The fraction of sp³-hybridized carbons (Fsp3) is 0.581. The molecule has 0 aromatic carbocycles. The van der Waals surface area contributed by atoms with Crippen LogP contribution in [0, 0.1) is 0 Å². The molecule has 0 saturated carbocycles. The number of carbonyl (C=O) groups is 2. The van der Waals surface area contributed by atoms with Gasteiger partial charge in [-0.25, -0.2) is 0 Å². The van der Waals surface area contributed by atoms with Crippen molar-refractivity contribution in [2.45, 2.75) is 154 Å². The maximum atomic E-state index is 12.8. The second kappa shape index (κ2) is 34.0. The minimum absolute atomic E-state index is 0.0357. The third kappa shape index (κ3) is 25.2. The Balaban J connectivity index is 4.35. The van der Waals surface area contributed by atoms with Crippen LogP contribution >= 0.6 is 0 Å². The first-order chi connectivity index (χ1) is 23.4. The van der Waals surface area contributed by atoms with E-state index in [1.165, 1.54) is 70.3 Å². The van der Waals surface area contributed by atoms with Gasteiger partial charge in [-0.05, 0) is 57.4 Å². The van der Waals surface area contributed by atoms with Crippen LogP contribution in [0.3, 0.4) is 0 Å². The van der Waals surface area contributed by atoms with Crippen molar-refractivity contribution in [3.8, 4) is 0 Å². The zero-order valence-corrected chi connectivity index (χ0v) is 30.3. The summed E-state index contributed by atoms with van der Waals surface area (Å²) in [6, 6.07) is 0. The lowest BCUT2D eigenvalue weighted by Crippen LogP contribution is -2.56. The number of unbranched alkanes of at least 4 members (excludes halogenated alkanes) is 15. The second-order valence-corrected chi connectivity index (χ2v) is 12.5. The summed E-state index contributed by atoms with van der Waals surface area (Å²) in [6.45, 7) is 3.57. The van der Waals surface area contributed by atoms with Gasteiger partial charge in [0.15, 0.2) is 11.6 Å². The number of hydrogen-bond donors (Lipinski definition) is 3. The smallest absolute Gasteiger partial charge is 0.213 e. The summed E-state index contributed by atoms with van der Waals surface area (Å²) < 4.78 is 0. The molecule has 0 heterocycles. The zero-order chi connectivity index (χ0) is 35.4. The number of hydrogen-bond acceptors (Lipinski definition) is 5. The normalized spacial score (nSPS) is 14.9. The number of rotatable bonds is 32. The van der Waals surface area contributed by atoms with Gasteiger partial charge >= 0.3 is 0 Å². The molecule has 3 N–H and O–H groups in total. The molecule has 0 aliphatic rings. The van der Waals surface area contributed by atoms with Gasteiger partial charge in [-0.1, -0.05) is 176 Å². The number of carbonyl (C=O) groups excluding carboxylic acids is 2. The summed E-state index contributed by atoms with van der Waals surface area (Å²) >= 11 is 0. The molecular formula is C43H68O5. The van der Waals surface area contributed by atoms with Gasteiger partial charge in [-0.3, -0.25) is 9.59 Å². The standard InChI is InChI=1S/C43H68O5/c1-3-5-7-9-11-13-15-17-19-20-21-22-24-26-28-30-32-34-36-38-41(46)43(48,42(47)39-44)40(45)37-35-33-31-29-27-25-23-18-16-14-12-10-8-6-4-2/h12,14,18-24,26,28,30,32,34,36,38,42,44,47-48H,3-11,13,15-17,25,27,29,31,33,35,37,39H2,1-2H3/b14-12-,20-19?,22-21?,23-18-,26-24?,30-28?,34-32?,38-36?. The van der Waals surface area contributed by atoms with Gasteiger partial charge in [0.05, 0.1) is 6.61 Å². The molecule has 0 saturated heterocycles. The quantitative estimate of drug-likeness (QED) is 0.0219. The topological polar surface area (TPSA) is 94.8 Å². The van der Waals surface area contributed by atoms with Crippen molar-refractivity contribution in [1.29, 1.82) is 0 Å². The second-order valence-electron chi connectivity index (χ2n) is 12.5. The highest BCUT2D eigenvalue weighted by Gasteiger charge is 2.47. The van der Waals surface area contributed by atoms with Gasteiger partial charge in [0.1, 0.15) is 6.10 Å². The summed E-state index contributed by atoms with van der Waals surface area (Å²) in [6.07, 6.45) is 50.2. The Labute approximate surface area is 293 Å². The predicted molar refractivity (Wildman–Crippen MR) is 205 cm³/mol. The van der Waals surface area contributed by atoms with E-state index in [1.807, 2.05) is 30.4 Å². The molecule has 0 rings (SSSR count). The molecule has 270 valence electrons. The van der Waals surface area contributed by atoms with E-state index in [0.717, 1.165) is 57.4 Å². The summed E-state index contributed by atoms with van der Waals surface area (Å²) in [7, 11) is 0. The molecule has 0 aliphatic heterocycles. The van der Waals surface area contributed by atoms with Crippen molar-refractivity contribution in [3.05, 3.63) is 97.2 Å². The molecule has 0 aliphatic carbocycles. The van der Waals surface area contributed by atoms with Gasteiger partial charge in [-0.2, -0.15) is 0 Å². The molecule has 48 heavy (non-hydrogen) atoms. The fourth-order valence-electron chi connectivity index (χ4n) is 5.08. The molecule has 0 spiro atoms. The highest BCUT2D eigenvalue weighted by atomic mass is 16.4. The van der Waals surface area contributed by atoms with Crippen LogP contribution in [0.15, 0.2) is 97.2 Å². The largest absolute Gasteiger partial charge is 0.394 e. The predicted octanol–water partition coefficient (Wildman–Crippen LogP) is 10.5. The van der Waals surface area contributed by atoms with Crippen molar-refractivity contribution in [1.82, 2.24) is 0 Å². The average molecular weight is 665 g/mol. The van der Waals surface area contributed by atoms with Crippen LogP contribution in [0.25, 0.3) is 0 Å². The molecule has 0 fully saturated rings. The van der Waals surface area contributed by atoms with Crippen LogP contribution < -0.4 is 0 Å². The lowest BCUT2D eigenvalue weighted by atomic mass is 9.84. The Hall–Kier alpha value is -2.86. The molecule has 2 unspecified atom stereocenters. The van der Waals surface area contributed by atoms with E-state index < -0.39 is 29.9 Å². The molecule has 0 aromatic heterocycles. The van der Waals surface area contributed by atoms with Crippen LogP contribution in [0.2, 0.25) is 0 Å². The van der Waals surface area contributed by atoms with E-state index in [1.54, 1.807) is 18.2 Å². The first kappa shape index (κ1) is 45.1. The number of Topliss-reactive ketones (excluding diaryl/α,β-unsaturated/α-hetero) is 1. The molecule has 0 aromatic rings. The van der Waals surface area contributed by atoms with Crippen molar-refractivity contribution < 1.29 is 24.9 Å². The van der Waals surface area contributed by atoms with E-state index in [2.05, 4.69) is 50.3 Å². The Kier molecular flexibility index (Phi) is 32.0. The van der Waals surface area contributed by atoms with E-state index >= 15 is 0 Å². The number of aliphatic hydroxyl groups is 3. The Morgan fingerprint density at radius 3 is 1.50 bits per heavy atom. The maximum absolute atomic E-state index is 12.8. The van der Waals surface area contributed by atoms with E-state index in [4.69, 9.17) is 0 Å². The molecule has 0 bridgehead atoms. The number of aliphatic hydroxyl groups excluding tert-OH is 2. The SMILES string of the molecule is CCCCC/C=C\C/C=C\CCCCCCCC(=O)C(O)(C(=O)C=CC=CC=CC=CC=CC=CCCCCCCCCC)C(O)CO.